The number of piperidine rings is 1. The Labute approximate surface area is 160 Å². The lowest BCUT2D eigenvalue weighted by atomic mass is 9.78. The average Bonchev–Trinajstić information content (AvgIpc) is 3.04. The standard InChI is InChI=1S/C20H28ClNO4/c1-3-25-12-6-15-7-13-26-20(15)8-10-22(11-9-20)19(23)17-14-16(24-2)4-5-18(17)21/h4-5,14-15H,3,6-13H2,1-2H3/t15-/m1/s1. The Hall–Kier alpha value is -1.30. The molecule has 0 saturated carbocycles. The molecule has 0 radical (unpaired) electrons. The molecular formula is C20H28ClNO4. The summed E-state index contributed by atoms with van der Waals surface area (Å²) in [6.45, 7) is 5.76. The van der Waals surface area contributed by atoms with Crippen LogP contribution >= 0.6 is 11.6 Å². The lowest BCUT2D eigenvalue weighted by Gasteiger charge is -2.42. The fourth-order valence-electron chi connectivity index (χ4n) is 4.17. The topological polar surface area (TPSA) is 48.0 Å². The highest BCUT2D eigenvalue weighted by molar-refractivity contribution is 6.33. The first-order valence-corrected chi connectivity index (χ1v) is 9.82. The van der Waals surface area contributed by atoms with Crippen LogP contribution in [0.15, 0.2) is 18.2 Å². The van der Waals surface area contributed by atoms with Gasteiger partial charge in [-0.1, -0.05) is 11.6 Å². The fraction of sp³-hybridized carbons (Fsp3) is 0.650. The van der Waals surface area contributed by atoms with E-state index in [0.717, 1.165) is 45.5 Å². The molecule has 3 rings (SSSR count). The van der Waals surface area contributed by atoms with E-state index in [1.165, 1.54) is 0 Å². The van der Waals surface area contributed by atoms with Gasteiger partial charge in [0.25, 0.3) is 5.91 Å². The Kier molecular flexibility index (Phi) is 6.43. The molecule has 0 bridgehead atoms. The van der Waals surface area contributed by atoms with Gasteiger partial charge < -0.3 is 19.1 Å². The van der Waals surface area contributed by atoms with Crippen molar-refractivity contribution >= 4 is 17.5 Å². The normalized spacial score (nSPS) is 22.0. The smallest absolute Gasteiger partial charge is 0.255 e. The van der Waals surface area contributed by atoms with Crippen LogP contribution in [0.4, 0.5) is 0 Å². The van der Waals surface area contributed by atoms with Crippen LogP contribution in [-0.2, 0) is 9.47 Å². The summed E-state index contributed by atoms with van der Waals surface area (Å²) in [6.07, 6.45) is 3.86. The molecule has 1 spiro atoms. The van der Waals surface area contributed by atoms with Crippen molar-refractivity contribution in [1.29, 1.82) is 0 Å². The number of methoxy groups -OCH3 is 1. The zero-order valence-corrected chi connectivity index (χ0v) is 16.4. The minimum absolute atomic E-state index is 0.0346. The Morgan fingerprint density at radius 3 is 2.85 bits per heavy atom. The van der Waals surface area contributed by atoms with Gasteiger partial charge in [0.15, 0.2) is 0 Å². The largest absolute Gasteiger partial charge is 0.497 e. The molecule has 1 aromatic carbocycles. The Morgan fingerprint density at radius 1 is 1.38 bits per heavy atom. The van der Waals surface area contributed by atoms with Crippen molar-refractivity contribution in [3.8, 4) is 5.75 Å². The first-order chi connectivity index (χ1) is 12.6. The van der Waals surface area contributed by atoms with Gasteiger partial charge >= 0.3 is 0 Å². The van der Waals surface area contributed by atoms with Gasteiger partial charge in [-0.05, 0) is 56.7 Å². The van der Waals surface area contributed by atoms with Crippen molar-refractivity contribution in [3.05, 3.63) is 28.8 Å². The van der Waals surface area contributed by atoms with Crippen molar-refractivity contribution < 1.29 is 19.0 Å². The van der Waals surface area contributed by atoms with Gasteiger partial charge in [0.05, 0.1) is 23.3 Å². The fourth-order valence-corrected chi connectivity index (χ4v) is 4.37. The second-order valence-corrected chi connectivity index (χ2v) is 7.43. The third-order valence-electron chi connectivity index (χ3n) is 5.72. The summed E-state index contributed by atoms with van der Waals surface area (Å²) in [6, 6.07) is 5.19. The molecule has 6 heteroatoms. The minimum Gasteiger partial charge on any atom is -0.497 e. The molecule has 1 aromatic rings. The number of hydrogen-bond acceptors (Lipinski definition) is 4. The Balaban J connectivity index is 1.63. The summed E-state index contributed by atoms with van der Waals surface area (Å²) in [5, 5.41) is 0.461. The number of amides is 1. The summed E-state index contributed by atoms with van der Waals surface area (Å²) < 4.78 is 16.9. The van der Waals surface area contributed by atoms with E-state index in [1.807, 2.05) is 11.8 Å². The maximum atomic E-state index is 12.9. The van der Waals surface area contributed by atoms with Crippen LogP contribution in [0.5, 0.6) is 5.75 Å². The quantitative estimate of drug-likeness (QED) is 0.703. The second-order valence-electron chi connectivity index (χ2n) is 7.02. The number of ether oxygens (including phenoxy) is 3. The highest BCUT2D eigenvalue weighted by Crippen LogP contribution is 2.42. The van der Waals surface area contributed by atoms with E-state index in [-0.39, 0.29) is 11.5 Å². The second kappa shape index (κ2) is 8.59. The van der Waals surface area contributed by atoms with Gasteiger partial charge in [-0.2, -0.15) is 0 Å². The molecule has 2 aliphatic rings. The van der Waals surface area contributed by atoms with E-state index in [2.05, 4.69) is 0 Å². The zero-order chi connectivity index (χ0) is 18.6. The van der Waals surface area contributed by atoms with Crippen LogP contribution in [0.3, 0.4) is 0 Å². The minimum atomic E-state index is -0.0912. The molecular weight excluding hydrogens is 354 g/mol. The lowest BCUT2D eigenvalue weighted by molar-refractivity contribution is -0.0669. The third-order valence-corrected chi connectivity index (χ3v) is 6.05. The molecule has 2 heterocycles. The van der Waals surface area contributed by atoms with Crippen LogP contribution in [0.1, 0.15) is 43.0 Å². The van der Waals surface area contributed by atoms with Crippen LogP contribution in [0.25, 0.3) is 0 Å². The molecule has 26 heavy (non-hydrogen) atoms. The summed E-state index contributed by atoms with van der Waals surface area (Å²) in [4.78, 5) is 14.8. The Bertz CT molecular complexity index is 628. The van der Waals surface area contributed by atoms with E-state index in [0.29, 0.717) is 35.3 Å². The van der Waals surface area contributed by atoms with Crippen molar-refractivity contribution in [2.24, 2.45) is 5.92 Å². The summed E-state index contributed by atoms with van der Waals surface area (Å²) >= 11 is 6.24. The van der Waals surface area contributed by atoms with Crippen molar-refractivity contribution in [1.82, 2.24) is 4.90 Å². The van der Waals surface area contributed by atoms with Crippen LogP contribution in [0.2, 0.25) is 5.02 Å². The summed E-state index contributed by atoms with van der Waals surface area (Å²) in [7, 11) is 1.59. The maximum absolute atomic E-state index is 12.9. The lowest BCUT2D eigenvalue weighted by Crippen LogP contribution is -2.49. The molecule has 0 unspecified atom stereocenters. The number of carbonyl (C=O) groups excluding carboxylic acids is 1. The highest BCUT2D eigenvalue weighted by atomic mass is 35.5. The van der Waals surface area contributed by atoms with Crippen molar-refractivity contribution in [2.75, 3.05) is 40.0 Å². The average molecular weight is 382 g/mol. The molecule has 1 atom stereocenters. The van der Waals surface area contributed by atoms with Gasteiger partial charge in [0, 0.05) is 32.9 Å². The van der Waals surface area contributed by atoms with Gasteiger partial charge in [-0.15, -0.1) is 0 Å². The first kappa shape index (κ1) is 19.5. The molecule has 0 aliphatic carbocycles. The molecule has 0 aromatic heterocycles. The molecule has 1 amide bonds. The van der Waals surface area contributed by atoms with Gasteiger partial charge in [0.2, 0.25) is 0 Å². The number of nitrogens with zero attached hydrogens (tertiary/aromatic N) is 1. The van der Waals surface area contributed by atoms with E-state index >= 15 is 0 Å². The molecule has 0 N–H and O–H groups in total. The third kappa shape index (κ3) is 4.00. The van der Waals surface area contributed by atoms with E-state index < -0.39 is 0 Å². The summed E-state index contributed by atoms with van der Waals surface area (Å²) in [5.74, 6) is 1.13. The highest BCUT2D eigenvalue weighted by Gasteiger charge is 2.46. The number of carbonyl (C=O) groups is 1. The van der Waals surface area contributed by atoms with Crippen LogP contribution < -0.4 is 4.74 Å². The molecule has 2 aliphatic heterocycles. The number of halogens is 1. The monoisotopic (exact) mass is 381 g/mol. The number of hydrogen-bond donors (Lipinski definition) is 0. The summed E-state index contributed by atoms with van der Waals surface area (Å²) in [5.41, 5.74) is 0.411. The van der Waals surface area contributed by atoms with E-state index in [1.54, 1.807) is 25.3 Å². The van der Waals surface area contributed by atoms with Gasteiger partial charge in [-0.3, -0.25) is 4.79 Å². The van der Waals surface area contributed by atoms with E-state index in [4.69, 9.17) is 25.8 Å². The van der Waals surface area contributed by atoms with Crippen LogP contribution in [-0.4, -0.2) is 56.4 Å². The number of benzene rings is 1. The molecule has 2 saturated heterocycles. The number of likely N-dealkylation sites (tertiary alicyclic amines) is 1. The molecule has 144 valence electrons. The molecule has 5 nitrogen and oxygen atoms in total. The first-order valence-electron chi connectivity index (χ1n) is 9.44. The van der Waals surface area contributed by atoms with Gasteiger partial charge in [0.1, 0.15) is 5.75 Å². The predicted octanol–water partition coefficient (Wildman–Crippen LogP) is 3.79. The zero-order valence-electron chi connectivity index (χ0n) is 15.6. The van der Waals surface area contributed by atoms with Crippen molar-refractivity contribution in [3.63, 3.8) is 0 Å². The van der Waals surface area contributed by atoms with E-state index in [9.17, 15) is 4.79 Å². The predicted molar refractivity (Wildman–Crippen MR) is 101 cm³/mol. The van der Waals surface area contributed by atoms with Crippen molar-refractivity contribution in [2.45, 2.75) is 38.2 Å². The number of rotatable bonds is 6. The molecule has 2 fully saturated rings. The van der Waals surface area contributed by atoms with Gasteiger partial charge in [-0.25, -0.2) is 0 Å². The SMILES string of the molecule is CCOCC[C@@H]1CCOC12CCN(C(=O)c1cc(OC)ccc1Cl)CC2. The maximum Gasteiger partial charge on any atom is 0.255 e. The van der Waals surface area contributed by atoms with Crippen LogP contribution in [0, 0.1) is 5.92 Å². The Morgan fingerprint density at radius 2 is 2.15 bits per heavy atom.